The van der Waals surface area contributed by atoms with Crippen molar-refractivity contribution in [1.82, 2.24) is 5.32 Å². The van der Waals surface area contributed by atoms with Gasteiger partial charge in [-0.25, -0.2) is 0 Å². The molecule has 2 aromatic rings. The van der Waals surface area contributed by atoms with Crippen LogP contribution in [0, 0.1) is 0 Å². The van der Waals surface area contributed by atoms with Crippen LogP contribution in [0.1, 0.15) is 10.4 Å². The van der Waals surface area contributed by atoms with Gasteiger partial charge in [0.2, 0.25) is 0 Å². The summed E-state index contributed by atoms with van der Waals surface area (Å²) in [5.74, 6) is 1.94. The maximum Gasteiger partial charge on any atom is 0.252 e. The van der Waals surface area contributed by atoms with E-state index in [-0.39, 0.29) is 5.91 Å². The second-order valence-corrected chi connectivity index (χ2v) is 5.48. The molecule has 0 saturated heterocycles. The highest BCUT2D eigenvalue weighted by molar-refractivity contribution is 9.10. The molecule has 0 aliphatic heterocycles. The number of ether oxygens (including phenoxy) is 3. The van der Waals surface area contributed by atoms with Crippen LogP contribution in [0.2, 0.25) is 0 Å². The number of carbonyl (C=O) groups excluding carboxylic acids is 1. The summed E-state index contributed by atoms with van der Waals surface area (Å²) in [4.78, 5) is 12.2. The van der Waals surface area contributed by atoms with Crippen molar-refractivity contribution in [2.24, 2.45) is 0 Å². The van der Waals surface area contributed by atoms with Gasteiger partial charge in [-0.3, -0.25) is 4.79 Å². The Balaban J connectivity index is 1.82. The Bertz CT molecular complexity index is 658. The molecule has 0 aromatic heterocycles. The Labute approximate surface area is 143 Å². The second-order valence-electron chi connectivity index (χ2n) is 4.63. The van der Waals surface area contributed by atoms with E-state index in [9.17, 15) is 4.79 Å². The lowest BCUT2D eigenvalue weighted by Crippen LogP contribution is -2.28. The van der Waals surface area contributed by atoms with Crippen molar-refractivity contribution in [2.75, 3.05) is 27.4 Å². The highest BCUT2D eigenvalue weighted by Crippen LogP contribution is 2.22. The van der Waals surface area contributed by atoms with Crippen LogP contribution in [-0.4, -0.2) is 33.3 Å². The van der Waals surface area contributed by atoms with Crippen LogP contribution in [0.15, 0.2) is 46.9 Å². The monoisotopic (exact) mass is 379 g/mol. The van der Waals surface area contributed by atoms with E-state index in [1.807, 2.05) is 24.3 Å². The van der Waals surface area contributed by atoms with E-state index < -0.39 is 0 Å². The zero-order valence-electron chi connectivity index (χ0n) is 13.0. The Morgan fingerprint density at radius 3 is 2.26 bits per heavy atom. The predicted molar refractivity (Wildman–Crippen MR) is 91.5 cm³/mol. The molecule has 0 saturated carbocycles. The molecule has 0 heterocycles. The van der Waals surface area contributed by atoms with Crippen LogP contribution < -0.4 is 19.5 Å². The minimum Gasteiger partial charge on any atom is -0.497 e. The summed E-state index contributed by atoms with van der Waals surface area (Å²) in [6.45, 7) is 0.772. The standard InChI is InChI=1S/C17H18BrNO4/c1-21-12-3-5-13(6-4-12)23-10-9-19-17(20)15-11-14(22-2)7-8-16(15)18/h3-8,11H,9-10H2,1-2H3,(H,19,20). The molecule has 0 spiro atoms. The summed E-state index contributed by atoms with van der Waals surface area (Å²) in [6, 6.07) is 12.5. The van der Waals surface area contributed by atoms with E-state index in [1.165, 1.54) is 0 Å². The van der Waals surface area contributed by atoms with E-state index in [4.69, 9.17) is 14.2 Å². The van der Waals surface area contributed by atoms with Gasteiger partial charge in [0.25, 0.3) is 5.91 Å². The molecule has 0 unspecified atom stereocenters. The predicted octanol–water partition coefficient (Wildman–Crippen LogP) is 3.28. The average Bonchev–Trinajstić information content (AvgIpc) is 2.59. The van der Waals surface area contributed by atoms with Crippen molar-refractivity contribution in [2.45, 2.75) is 0 Å². The Morgan fingerprint density at radius 2 is 1.61 bits per heavy atom. The normalized spacial score (nSPS) is 10.0. The van der Waals surface area contributed by atoms with Crippen molar-refractivity contribution in [3.8, 4) is 17.2 Å². The van der Waals surface area contributed by atoms with Gasteiger partial charge in [0.1, 0.15) is 23.9 Å². The maximum atomic E-state index is 12.2. The first-order chi connectivity index (χ1) is 11.1. The van der Waals surface area contributed by atoms with E-state index in [0.29, 0.717) is 28.9 Å². The van der Waals surface area contributed by atoms with Crippen LogP contribution >= 0.6 is 15.9 Å². The van der Waals surface area contributed by atoms with Crippen molar-refractivity contribution in [3.05, 3.63) is 52.5 Å². The van der Waals surface area contributed by atoms with Gasteiger partial charge in [0.05, 0.1) is 26.3 Å². The summed E-state index contributed by atoms with van der Waals surface area (Å²) >= 11 is 3.36. The molecule has 23 heavy (non-hydrogen) atoms. The van der Waals surface area contributed by atoms with Crippen LogP contribution in [0.4, 0.5) is 0 Å². The van der Waals surface area contributed by atoms with Crippen molar-refractivity contribution < 1.29 is 19.0 Å². The minimum absolute atomic E-state index is 0.186. The molecule has 6 heteroatoms. The number of hydrogen-bond donors (Lipinski definition) is 1. The molecule has 0 aliphatic rings. The summed E-state index contributed by atoms with van der Waals surface area (Å²) in [6.07, 6.45) is 0. The molecule has 0 aliphatic carbocycles. The summed E-state index contributed by atoms with van der Waals surface area (Å²) in [7, 11) is 3.18. The molecule has 2 rings (SSSR count). The number of rotatable bonds is 7. The Hall–Kier alpha value is -2.21. The molecule has 5 nitrogen and oxygen atoms in total. The molecule has 1 N–H and O–H groups in total. The molecule has 0 bridgehead atoms. The van der Waals surface area contributed by atoms with Crippen molar-refractivity contribution in [3.63, 3.8) is 0 Å². The van der Waals surface area contributed by atoms with Gasteiger partial charge in [-0.15, -0.1) is 0 Å². The molecule has 0 fully saturated rings. The lowest BCUT2D eigenvalue weighted by atomic mass is 10.2. The number of nitrogens with one attached hydrogen (secondary N) is 1. The van der Waals surface area contributed by atoms with E-state index in [0.717, 1.165) is 11.5 Å². The van der Waals surface area contributed by atoms with Gasteiger partial charge in [-0.05, 0) is 58.4 Å². The van der Waals surface area contributed by atoms with Gasteiger partial charge in [0, 0.05) is 4.47 Å². The number of hydrogen-bond acceptors (Lipinski definition) is 4. The molecular weight excluding hydrogens is 362 g/mol. The summed E-state index contributed by atoms with van der Waals surface area (Å²) in [5.41, 5.74) is 0.522. The van der Waals surface area contributed by atoms with Crippen molar-refractivity contribution in [1.29, 1.82) is 0 Å². The van der Waals surface area contributed by atoms with E-state index >= 15 is 0 Å². The number of benzene rings is 2. The molecule has 122 valence electrons. The third-order valence-corrected chi connectivity index (χ3v) is 3.83. The Morgan fingerprint density at radius 1 is 1.00 bits per heavy atom. The lowest BCUT2D eigenvalue weighted by molar-refractivity contribution is 0.0946. The fourth-order valence-corrected chi connectivity index (χ4v) is 2.33. The van der Waals surface area contributed by atoms with E-state index in [2.05, 4.69) is 21.2 Å². The molecule has 0 atom stereocenters. The number of halogens is 1. The number of methoxy groups -OCH3 is 2. The molecule has 0 radical (unpaired) electrons. The van der Waals surface area contributed by atoms with E-state index in [1.54, 1.807) is 32.4 Å². The molecule has 1 amide bonds. The van der Waals surface area contributed by atoms with Gasteiger partial charge in [0.15, 0.2) is 0 Å². The van der Waals surface area contributed by atoms with Crippen LogP contribution in [-0.2, 0) is 0 Å². The third kappa shape index (κ3) is 4.89. The first-order valence-corrected chi connectivity index (χ1v) is 7.82. The number of carbonyl (C=O) groups is 1. The highest BCUT2D eigenvalue weighted by Gasteiger charge is 2.10. The van der Waals surface area contributed by atoms with Crippen LogP contribution in [0.25, 0.3) is 0 Å². The zero-order chi connectivity index (χ0) is 16.7. The van der Waals surface area contributed by atoms with Gasteiger partial charge in [-0.1, -0.05) is 0 Å². The van der Waals surface area contributed by atoms with Crippen LogP contribution in [0.5, 0.6) is 17.2 Å². The smallest absolute Gasteiger partial charge is 0.252 e. The number of amides is 1. The molecule has 2 aromatic carbocycles. The minimum atomic E-state index is -0.186. The fraction of sp³-hybridized carbons (Fsp3) is 0.235. The van der Waals surface area contributed by atoms with Gasteiger partial charge in [-0.2, -0.15) is 0 Å². The summed E-state index contributed by atoms with van der Waals surface area (Å²) < 4.78 is 16.5. The lowest BCUT2D eigenvalue weighted by Gasteiger charge is -2.10. The largest absolute Gasteiger partial charge is 0.497 e. The Kier molecular flexibility index (Phi) is 6.29. The first kappa shape index (κ1) is 17.1. The average molecular weight is 380 g/mol. The van der Waals surface area contributed by atoms with Gasteiger partial charge >= 0.3 is 0 Å². The summed E-state index contributed by atoms with van der Waals surface area (Å²) in [5, 5.41) is 2.81. The third-order valence-electron chi connectivity index (χ3n) is 3.13. The molecular formula is C17H18BrNO4. The van der Waals surface area contributed by atoms with Crippen LogP contribution in [0.3, 0.4) is 0 Å². The fourth-order valence-electron chi connectivity index (χ4n) is 1.91. The topological polar surface area (TPSA) is 56.8 Å². The second kappa shape index (κ2) is 8.43. The first-order valence-electron chi connectivity index (χ1n) is 7.02. The SMILES string of the molecule is COc1ccc(OCCNC(=O)c2cc(OC)ccc2Br)cc1. The van der Waals surface area contributed by atoms with Gasteiger partial charge < -0.3 is 19.5 Å². The maximum absolute atomic E-state index is 12.2. The van der Waals surface area contributed by atoms with Crippen molar-refractivity contribution >= 4 is 21.8 Å². The quantitative estimate of drug-likeness (QED) is 0.750. The highest BCUT2D eigenvalue weighted by atomic mass is 79.9. The zero-order valence-corrected chi connectivity index (χ0v) is 14.6.